The number of aromatic nitrogens is 3. The average molecular weight is 361 g/mol. The number of aryl methyl sites for hydroxylation is 1. The molecule has 132 valence electrons. The average Bonchev–Trinajstić information content (AvgIpc) is 2.69. The van der Waals surface area contributed by atoms with Crippen molar-refractivity contribution in [2.45, 2.75) is 6.92 Å². The maximum Gasteiger partial charge on any atom is 0.178 e. The molecule has 0 saturated heterocycles. The number of benzene rings is 2. The van der Waals surface area contributed by atoms with Gasteiger partial charge >= 0.3 is 0 Å². The Balaban J connectivity index is 1.88. The summed E-state index contributed by atoms with van der Waals surface area (Å²) in [6.45, 7) is 1.76. The summed E-state index contributed by atoms with van der Waals surface area (Å²) in [5, 5.41) is 0.897. The van der Waals surface area contributed by atoms with Crippen molar-refractivity contribution in [1.29, 1.82) is 0 Å². The van der Waals surface area contributed by atoms with Crippen LogP contribution in [0.3, 0.4) is 0 Å². The van der Waals surface area contributed by atoms with Crippen molar-refractivity contribution in [2.75, 3.05) is 0 Å². The molecule has 0 unspecified atom stereocenters. The highest BCUT2D eigenvalue weighted by atomic mass is 19.1. The fraction of sp³-hybridized carbons (Fsp3) is 0.0476. The fourth-order valence-electron chi connectivity index (χ4n) is 2.88. The Labute approximate surface area is 153 Å². The summed E-state index contributed by atoms with van der Waals surface area (Å²) in [6.07, 6.45) is 1.86. The van der Waals surface area contributed by atoms with Gasteiger partial charge in [0, 0.05) is 17.1 Å². The molecule has 0 radical (unpaired) electrons. The highest BCUT2D eigenvalue weighted by Gasteiger charge is 2.18. The van der Waals surface area contributed by atoms with E-state index in [-0.39, 0.29) is 11.8 Å². The van der Waals surface area contributed by atoms with E-state index in [0.717, 1.165) is 17.0 Å². The molecule has 0 aliphatic rings. The molecular formula is C21H13F2N3O. The van der Waals surface area contributed by atoms with E-state index in [1.165, 1.54) is 6.07 Å². The number of hydrogen-bond donors (Lipinski definition) is 0. The van der Waals surface area contributed by atoms with Crippen molar-refractivity contribution in [3.05, 3.63) is 77.5 Å². The lowest BCUT2D eigenvalue weighted by molar-refractivity contribution is 0.111. The molecular weight excluding hydrogens is 348 g/mol. The van der Waals surface area contributed by atoms with Gasteiger partial charge in [0.25, 0.3) is 0 Å². The number of halogens is 2. The van der Waals surface area contributed by atoms with Crippen LogP contribution < -0.4 is 0 Å². The monoisotopic (exact) mass is 361 g/mol. The van der Waals surface area contributed by atoms with Crippen LogP contribution in [0.2, 0.25) is 0 Å². The second-order valence-electron chi connectivity index (χ2n) is 6.05. The van der Waals surface area contributed by atoms with Gasteiger partial charge in [-0.05, 0) is 36.8 Å². The summed E-state index contributed by atoms with van der Waals surface area (Å²) in [4.78, 5) is 24.3. The van der Waals surface area contributed by atoms with Gasteiger partial charge < -0.3 is 0 Å². The van der Waals surface area contributed by atoms with E-state index in [2.05, 4.69) is 15.0 Å². The van der Waals surface area contributed by atoms with Crippen LogP contribution in [-0.4, -0.2) is 21.2 Å². The number of hydrogen-bond acceptors (Lipinski definition) is 4. The van der Waals surface area contributed by atoms with Gasteiger partial charge in [0.1, 0.15) is 17.3 Å². The second kappa shape index (κ2) is 6.64. The third kappa shape index (κ3) is 2.95. The molecule has 0 amide bonds. The standard InChI is InChI=1S/C21H13F2N3O/c1-12-6-9-18(21-24-10-13-4-2-3-5-17(13)26-21)25-20(12)14-7-8-16(22)15(11-27)19(14)23/h2-11H,1H3. The lowest BCUT2D eigenvalue weighted by atomic mass is 10.0. The Morgan fingerprint density at radius 1 is 0.963 bits per heavy atom. The van der Waals surface area contributed by atoms with E-state index in [1.54, 1.807) is 25.3 Å². The van der Waals surface area contributed by atoms with Crippen molar-refractivity contribution in [1.82, 2.24) is 15.0 Å². The normalized spacial score (nSPS) is 10.9. The molecule has 27 heavy (non-hydrogen) atoms. The molecule has 4 nitrogen and oxygen atoms in total. The number of pyridine rings is 1. The lowest BCUT2D eigenvalue weighted by Crippen LogP contribution is -2.01. The number of nitrogens with zero attached hydrogens (tertiary/aromatic N) is 3. The van der Waals surface area contributed by atoms with Crippen LogP contribution in [-0.2, 0) is 0 Å². The van der Waals surface area contributed by atoms with Crippen LogP contribution in [0, 0.1) is 18.6 Å². The summed E-state index contributed by atoms with van der Waals surface area (Å²) in [5.41, 5.74) is 1.66. The van der Waals surface area contributed by atoms with E-state index in [9.17, 15) is 13.6 Å². The third-order valence-electron chi connectivity index (χ3n) is 4.31. The molecule has 2 aromatic heterocycles. The van der Waals surface area contributed by atoms with Gasteiger partial charge in [-0.1, -0.05) is 24.3 Å². The van der Waals surface area contributed by atoms with Crippen LogP contribution in [0.1, 0.15) is 15.9 Å². The van der Waals surface area contributed by atoms with Gasteiger partial charge in [-0.15, -0.1) is 0 Å². The SMILES string of the molecule is Cc1ccc(-c2ncc3ccccc3n2)nc1-c1ccc(F)c(C=O)c1F. The maximum atomic E-state index is 14.6. The zero-order valence-corrected chi connectivity index (χ0v) is 14.3. The van der Waals surface area contributed by atoms with Crippen molar-refractivity contribution < 1.29 is 13.6 Å². The van der Waals surface area contributed by atoms with Crippen molar-refractivity contribution >= 4 is 17.2 Å². The summed E-state index contributed by atoms with van der Waals surface area (Å²) in [7, 11) is 0. The number of carbonyl (C=O) groups is 1. The van der Waals surface area contributed by atoms with E-state index >= 15 is 0 Å². The lowest BCUT2D eigenvalue weighted by Gasteiger charge is -2.10. The van der Waals surface area contributed by atoms with Gasteiger partial charge in [-0.3, -0.25) is 4.79 Å². The molecule has 4 rings (SSSR count). The summed E-state index contributed by atoms with van der Waals surface area (Å²) < 4.78 is 28.2. The third-order valence-corrected chi connectivity index (χ3v) is 4.31. The van der Waals surface area contributed by atoms with Crippen molar-refractivity contribution in [3.63, 3.8) is 0 Å². The molecule has 0 atom stereocenters. The van der Waals surface area contributed by atoms with Crippen LogP contribution in [0.4, 0.5) is 8.78 Å². The summed E-state index contributed by atoms with van der Waals surface area (Å²) >= 11 is 0. The number of para-hydroxylation sites is 1. The Hall–Kier alpha value is -3.54. The molecule has 4 aromatic rings. The number of fused-ring (bicyclic) bond motifs is 1. The molecule has 2 heterocycles. The molecule has 0 aliphatic heterocycles. The minimum Gasteiger partial charge on any atom is -0.298 e. The maximum absolute atomic E-state index is 14.6. The van der Waals surface area contributed by atoms with Crippen molar-refractivity contribution in [3.8, 4) is 22.8 Å². The van der Waals surface area contributed by atoms with Gasteiger partial charge in [0.05, 0.1) is 16.8 Å². The molecule has 6 heteroatoms. The number of aldehydes is 1. The van der Waals surface area contributed by atoms with Gasteiger partial charge in [-0.25, -0.2) is 23.7 Å². The highest BCUT2D eigenvalue weighted by molar-refractivity contribution is 5.81. The zero-order valence-electron chi connectivity index (χ0n) is 14.3. The number of rotatable bonds is 3. The largest absolute Gasteiger partial charge is 0.298 e. The summed E-state index contributed by atoms with van der Waals surface area (Å²) in [6, 6.07) is 13.4. The first-order valence-electron chi connectivity index (χ1n) is 8.22. The first-order chi connectivity index (χ1) is 13.1. The topological polar surface area (TPSA) is 55.7 Å². The first-order valence-corrected chi connectivity index (χ1v) is 8.22. The van der Waals surface area contributed by atoms with Crippen LogP contribution in [0.5, 0.6) is 0 Å². The Bertz CT molecular complexity index is 1190. The second-order valence-corrected chi connectivity index (χ2v) is 6.05. The molecule has 0 spiro atoms. The zero-order chi connectivity index (χ0) is 19.0. The van der Waals surface area contributed by atoms with E-state index in [0.29, 0.717) is 22.8 Å². The molecule has 2 aromatic carbocycles. The first kappa shape index (κ1) is 16.9. The molecule has 0 N–H and O–H groups in total. The number of carbonyl (C=O) groups excluding carboxylic acids is 1. The Morgan fingerprint density at radius 2 is 1.78 bits per heavy atom. The minimum atomic E-state index is -0.933. The van der Waals surface area contributed by atoms with E-state index < -0.39 is 17.2 Å². The summed E-state index contributed by atoms with van der Waals surface area (Å²) in [5.74, 6) is -1.44. The fourth-order valence-corrected chi connectivity index (χ4v) is 2.88. The highest BCUT2D eigenvalue weighted by Crippen LogP contribution is 2.29. The van der Waals surface area contributed by atoms with Gasteiger partial charge in [0.15, 0.2) is 12.1 Å². The van der Waals surface area contributed by atoms with Crippen LogP contribution >= 0.6 is 0 Å². The van der Waals surface area contributed by atoms with Crippen LogP contribution in [0.15, 0.2) is 54.7 Å². The predicted octanol–water partition coefficient (Wildman–Crippen LogP) is 4.76. The predicted molar refractivity (Wildman–Crippen MR) is 98.2 cm³/mol. The molecule has 0 aliphatic carbocycles. The Kier molecular flexibility index (Phi) is 4.16. The van der Waals surface area contributed by atoms with E-state index in [4.69, 9.17) is 0 Å². The van der Waals surface area contributed by atoms with E-state index in [1.807, 2.05) is 24.3 Å². The molecule has 0 saturated carbocycles. The smallest absolute Gasteiger partial charge is 0.178 e. The molecule has 0 fully saturated rings. The molecule has 0 bridgehead atoms. The van der Waals surface area contributed by atoms with Gasteiger partial charge in [-0.2, -0.15) is 0 Å². The van der Waals surface area contributed by atoms with Crippen LogP contribution in [0.25, 0.3) is 33.7 Å². The minimum absolute atomic E-state index is 0.0543. The Morgan fingerprint density at radius 3 is 2.59 bits per heavy atom. The van der Waals surface area contributed by atoms with Gasteiger partial charge in [0.2, 0.25) is 0 Å². The quantitative estimate of drug-likeness (QED) is 0.494. The van der Waals surface area contributed by atoms with Crippen molar-refractivity contribution in [2.24, 2.45) is 0 Å².